The van der Waals surface area contributed by atoms with Gasteiger partial charge >= 0.3 is 6.03 Å². The van der Waals surface area contributed by atoms with E-state index in [2.05, 4.69) is 15.5 Å². The third kappa shape index (κ3) is 4.81. The smallest absolute Gasteiger partial charge is 0.319 e. The van der Waals surface area contributed by atoms with Crippen LogP contribution in [0.5, 0.6) is 11.5 Å². The predicted octanol–water partition coefficient (Wildman–Crippen LogP) is 4.67. The maximum absolute atomic E-state index is 12.5. The van der Waals surface area contributed by atoms with Gasteiger partial charge in [-0.15, -0.1) is 0 Å². The van der Waals surface area contributed by atoms with Crippen LogP contribution in [0.15, 0.2) is 36.4 Å². The van der Waals surface area contributed by atoms with Gasteiger partial charge in [-0.3, -0.25) is 0 Å². The van der Waals surface area contributed by atoms with Crippen molar-refractivity contribution < 1.29 is 14.3 Å². The Bertz CT molecular complexity index is 823. The van der Waals surface area contributed by atoms with Crippen LogP contribution >= 0.6 is 11.6 Å². The number of anilines is 2. The summed E-state index contributed by atoms with van der Waals surface area (Å²) < 4.78 is 10.7. The molecule has 28 heavy (non-hydrogen) atoms. The highest BCUT2D eigenvalue weighted by Crippen LogP contribution is 2.32. The predicted molar refractivity (Wildman–Crippen MR) is 113 cm³/mol. The fourth-order valence-corrected chi connectivity index (χ4v) is 3.63. The van der Waals surface area contributed by atoms with Gasteiger partial charge in [-0.2, -0.15) is 0 Å². The van der Waals surface area contributed by atoms with E-state index >= 15 is 0 Å². The minimum Gasteiger partial charge on any atom is -0.493 e. The van der Waals surface area contributed by atoms with Crippen LogP contribution in [0, 0.1) is 0 Å². The Morgan fingerprint density at radius 2 is 1.89 bits per heavy atom. The summed E-state index contributed by atoms with van der Waals surface area (Å²) >= 11 is 6.16. The Morgan fingerprint density at radius 1 is 1.11 bits per heavy atom. The zero-order valence-corrected chi connectivity index (χ0v) is 17.0. The number of rotatable bonds is 6. The second-order valence-electron chi connectivity index (χ2n) is 6.67. The lowest BCUT2D eigenvalue weighted by Crippen LogP contribution is -2.32. The monoisotopic (exact) mass is 403 g/mol. The van der Waals surface area contributed by atoms with E-state index in [1.807, 2.05) is 30.3 Å². The zero-order valence-electron chi connectivity index (χ0n) is 16.3. The van der Waals surface area contributed by atoms with Crippen LogP contribution in [-0.4, -0.2) is 33.3 Å². The van der Waals surface area contributed by atoms with Crippen molar-refractivity contribution in [2.45, 2.75) is 25.8 Å². The summed E-state index contributed by atoms with van der Waals surface area (Å²) in [5.41, 5.74) is 2.54. The fraction of sp³-hybridized carbons (Fsp3) is 0.381. The van der Waals surface area contributed by atoms with Crippen molar-refractivity contribution in [2.24, 2.45) is 0 Å². The molecule has 0 aliphatic carbocycles. The third-order valence-corrected chi connectivity index (χ3v) is 5.06. The van der Waals surface area contributed by atoms with Gasteiger partial charge in [0.2, 0.25) is 0 Å². The molecular weight excluding hydrogens is 378 g/mol. The molecule has 2 N–H and O–H groups in total. The molecule has 0 saturated carbocycles. The average Bonchev–Trinajstić information content (AvgIpc) is 2.72. The number of benzene rings is 2. The van der Waals surface area contributed by atoms with E-state index in [0.29, 0.717) is 28.8 Å². The fourth-order valence-electron chi connectivity index (χ4n) is 3.45. The molecule has 6 nitrogen and oxygen atoms in total. The minimum atomic E-state index is -0.301. The number of hydrogen-bond donors (Lipinski definition) is 2. The summed E-state index contributed by atoms with van der Waals surface area (Å²) in [7, 11) is 3.17. The number of piperidine rings is 1. The van der Waals surface area contributed by atoms with Crippen LogP contribution in [0.1, 0.15) is 24.8 Å². The highest BCUT2D eigenvalue weighted by molar-refractivity contribution is 6.31. The summed E-state index contributed by atoms with van der Waals surface area (Å²) in [5.74, 6) is 1.24. The van der Waals surface area contributed by atoms with Crippen LogP contribution in [0.3, 0.4) is 0 Å². The average molecular weight is 404 g/mol. The van der Waals surface area contributed by atoms with Gasteiger partial charge in [-0.25, -0.2) is 4.79 Å². The van der Waals surface area contributed by atoms with Gasteiger partial charge in [0.15, 0.2) is 11.5 Å². The van der Waals surface area contributed by atoms with E-state index in [0.717, 1.165) is 37.2 Å². The first-order valence-electron chi connectivity index (χ1n) is 9.41. The minimum absolute atomic E-state index is 0.301. The van der Waals surface area contributed by atoms with E-state index < -0.39 is 0 Å². The Balaban J connectivity index is 1.69. The van der Waals surface area contributed by atoms with Crippen LogP contribution in [0.25, 0.3) is 0 Å². The number of carbonyl (C=O) groups excluding carboxylic acids is 1. The van der Waals surface area contributed by atoms with Gasteiger partial charge in [-0.05, 0) is 43.5 Å². The molecule has 0 unspecified atom stereocenters. The first kappa shape index (κ1) is 20.1. The molecule has 0 atom stereocenters. The van der Waals surface area contributed by atoms with Gasteiger partial charge < -0.3 is 25.0 Å². The molecule has 2 aromatic rings. The summed E-state index contributed by atoms with van der Waals surface area (Å²) in [5, 5.41) is 6.40. The molecule has 0 bridgehead atoms. The van der Waals surface area contributed by atoms with E-state index in [9.17, 15) is 4.79 Å². The van der Waals surface area contributed by atoms with Gasteiger partial charge in [0.1, 0.15) is 0 Å². The maximum atomic E-state index is 12.5. The number of nitrogens with one attached hydrogen (secondary N) is 2. The topological polar surface area (TPSA) is 62.8 Å². The number of carbonyl (C=O) groups is 1. The Morgan fingerprint density at radius 3 is 2.61 bits per heavy atom. The number of para-hydroxylation sites is 1. The Labute approximate surface area is 170 Å². The lowest BCUT2D eigenvalue weighted by molar-refractivity contribution is 0.251. The van der Waals surface area contributed by atoms with E-state index in [1.165, 1.54) is 6.42 Å². The van der Waals surface area contributed by atoms with E-state index in [1.54, 1.807) is 20.3 Å². The van der Waals surface area contributed by atoms with Crippen molar-refractivity contribution >= 4 is 29.0 Å². The molecule has 3 rings (SSSR count). The number of nitrogens with zero attached hydrogens (tertiary/aromatic N) is 1. The Kier molecular flexibility index (Phi) is 6.87. The van der Waals surface area contributed by atoms with Crippen molar-refractivity contribution in [3.63, 3.8) is 0 Å². The molecule has 1 heterocycles. The summed E-state index contributed by atoms with van der Waals surface area (Å²) in [4.78, 5) is 14.8. The normalized spacial score (nSPS) is 13.8. The second kappa shape index (κ2) is 9.55. The molecule has 1 saturated heterocycles. The van der Waals surface area contributed by atoms with E-state index in [-0.39, 0.29) is 6.03 Å². The number of amides is 2. The molecule has 150 valence electrons. The molecular formula is C21H26ClN3O3. The summed E-state index contributed by atoms with van der Waals surface area (Å²) in [6, 6.07) is 10.9. The van der Waals surface area contributed by atoms with Crippen molar-refractivity contribution in [3.05, 3.63) is 47.0 Å². The number of urea groups is 1. The molecule has 1 fully saturated rings. The highest BCUT2D eigenvalue weighted by atomic mass is 35.5. The van der Waals surface area contributed by atoms with Crippen molar-refractivity contribution in [3.8, 4) is 11.5 Å². The van der Waals surface area contributed by atoms with Crippen LogP contribution in [0.4, 0.5) is 16.2 Å². The largest absolute Gasteiger partial charge is 0.493 e. The zero-order chi connectivity index (χ0) is 19.9. The quantitative estimate of drug-likeness (QED) is 0.735. The molecule has 0 radical (unpaired) electrons. The number of methoxy groups -OCH3 is 2. The maximum Gasteiger partial charge on any atom is 0.319 e. The standard InChI is InChI=1S/C21H26ClN3O3/c1-27-19-8-6-7-15(20(19)28-2)14-23-21(26)24-17-13-16(22)9-10-18(17)25-11-4-3-5-12-25/h6-10,13H,3-5,11-12,14H2,1-2H3,(H2,23,24,26). The van der Waals surface area contributed by atoms with Gasteiger partial charge in [-0.1, -0.05) is 23.7 Å². The summed E-state index contributed by atoms with van der Waals surface area (Å²) in [6.45, 7) is 2.28. The third-order valence-electron chi connectivity index (χ3n) is 4.83. The molecule has 1 aliphatic rings. The van der Waals surface area contributed by atoms with Crippen molar-refractivity contribution in [1.29, 1.82) is 0 Å². The van der Waals surface area contributed by atoms with Gasteiger partial charge in [0.05, 0.1) is 25.6 Å². The van der Waals surface area contributed by atoms with Crippen LogP contribution in [0.2, 0.25) is 5.02 Å². The van der Waals surface area contributed by atoms with Gasteiger partial charge in [0, 0.05) is 30.2 Å². The number of halogens is 1. The Hall–Kier alpha value is -2.60. The number of hydrogen-bond acceptors (Lipinski definition) is 4. The van der Waals surface area contributed by atoms with Crippen molar-refractivity contribution in [2.75, 3.05) is 37.5 Å². The first-order chi connectivity index (χ1) is 13.6. The number of ether oxygens (including phenoxy) is 2. The second-order valence-corrected chi connectivity index (χ2v) is 7.11. The highest BCUT2D eigenvalue weighted by Gasteiger charge is 2.17. The van der Waals surface area contributed by atoms with Crippen LogP contribution < -0.4 is 25.0 Å². The lowest BCUT2D eigenvalue weighted by atomic mass is 10.1. The lowest BCUT2D eigenvalue weighted by Gasteiger charge is -2.30. The molecule has 0 spiro atoms. The molecule has 7 heteroatoms. The molecule has 1 aliphatic heterocycles. The molecule has 0 aromatic heterocycles. The van der Waals surface area contributed by atoms with Crippen molar-refractivity contribution in [1.82, 2.24) is 5.32 Å². The van der Waals surface area contributed by atoms with E-state index in [4.69, 9.17) is 21.1 Å². The first-order valence-corrected chi connectivity index (χ1v) is 9.79. The summed E-state index contributed by atoms with van der Waals surface area (Å²) in [6.07, 6.45) is 3.56. The van der Waals surface area contributed by atoms with Crippen LogP contribution in [-0.2, 0) is 6.54 Å². The molecule has 2 amide bonds. The SMILES string of the molecule is COc1cccc(CNC(=O)Nc2cc(Cl)ccc2N2CCCCC2)c1OC. The molecule has 2 aromatic carbocycles. The van der Waals surface area contributed by atoms with Gasteiger partial charge in [0.25, 0.3) is 0 Å².